The highest BCUT2D eigenvalue weighted by molar-refractivity contribution is 5.39. The number of rotatable bonds is 7. The maximum Gasteiger partial charge on any atom is 0.137 e. The molecule has 1 aliphatic heterocycles. The summed E-state index contributed by atoms with van der Waals surface area (Å²) in [7, 11) is 0. The molecule has 1 heterocycles. The molecule has 1 atom stereocenters. The first-order chi connectivity index (χ1) is 10.6. The van der Waals surface area contributed by atoms with Gasteiger partial charge in [-0.2, -0.15) is 0 Å². The summed E-state index contributed by atoms with van der Waals surface area (Å²) in [5, 5.41) is 19.2. The van der Waals surface area contributed by atoms with Crippen LogP contribution < -0.4 is 14.5 Å². The largest absolute Gasteiger partial charge is 0.490 e. The fourth-order valence-corrected chi connectivity index (χ4v) is 3.17. The SMILES string of the molecule is Cc1cccc(C)c1OCC(O)C[NH+]1CC[NH+](CCO)CC1. The highest BCUT2D eigenvalue weighted by Gasteiger charge is 2.24. The molecule has 0 amide bonds. The van der Waals surface area contributed by atoms with E-state index in [0.717, 1.165) is 56.1 Å². The van der Waals surface area contributed by atoms with Gasteiger partial charge in [-0.3, -0.25) is 0 Å². The summed E-state index contributed by atoms with van der Waals surface area (Å²) >= 11 is 0. The first-order valence-corrected chi connectivity index (χ1v) is 8.25. The van der Waals surface area contributed by atoms with Gasteiger partial charge in [0.15, 0.2) is 0 Å². The fourth-order valence-electron chi connectivity index (χ4n) is 3.17. The number of piperazine rings is 1. The molecule has 0 aliphatic carbocycles. The Balaban J connectivity index is 1.73. The minimum Gasteiger partial charge on any atom is -0.490 e. The van der Waals surface area contributed by atoms with Crippen molar-refractivity contribution < 1.29 is 24.7 Å². The Morgan fingerprint density at radius 2 is 1.68 bits per heavy atom. The number of aliphatic hydroxyl groups excluding tert-OH is 2. The second kappa shape index (κ2) is 8.48. The molecule has 0 saturated carbocycles. The lowest BCUT2D eigenvalue weighted by Gasteiger charge is -2.30. The third kappa shape index (κ3) is 4.95. The second-order valence-corrected chi connectivity index (χ2v) is 6.36. The average molecular weight is 310 g/mol. The number of benzene rings is 1. The van der Waals surface area contributed by atoms with E-state index in [1.165, 1.54) is 9.80 Å². The van der Waals surface area contributed by atoms with E-state index in [1.54, 1.807) is 0 Å². The summed E-state index contributed by atoms with van der Waals surface area (Å²) in [6.07, 6.45) is -0.437. The van der Waals surface area contributed by atoms with Crippen LogP contribution in [0.1, 0.15) is 11.1 Å². The van der Waals surface area contributed by atoms with Gasteiger partial charge in [0.05, 0.1) is 6.61 Å². The molecule has 0 radical (unpaired) electrons. The lowest BCUT2D eigenvalue weighted by atomic mass is 10.1. The molecule has 124 valence electrons. The highest BCUT2D eigenvalue weighted by atomic mass is 16.5. The first-order valence-electron chi connectivity index (χ1n) is 8.25. The van der Waals surface area contributed by atoms with Gasteiger partial charge in [-0.15, -0.1) is 0 Å². The smallest absolute Gasteiger partial charge is 0.137 e. The molecular formula is C17H30N2O3+2. The monoisotopic (exact) mass is 310 g/mol. The van der Waals surface area contributed by atoms with Crippen molar-refractivity contribution >= 4 is 0 Å². The van der Waals surface area contributed by atoms with Crippen LogP contribution in [0.15, 0.2) is 18.2 Å². The number of hydrogen-bond acceptors (Lipinski definition) is 3. The number of para-hydroxylation sites is 1. The Kier molecular flexibility index (Phi) is 6.64. The van der Waals surface area contributed by atoms with Crippen LogP contribution in [0.2, 0.25) is 0 Å². The van der Waals surface area contributed by atoms with Crippen molar-refractivity contribution in [3.63, 3.8) is 0 Å². The maximum absolute atomic E-state index is 10.2. The van der Waals surface area contributed by atoms with Crippen LogP contribution in [0.5, 0.6) is 5.75 Å². The number of aliphatic hydroxyl groups is 2. The zero-order valence-electron chi connectivity index (χ0n) is 13.8. The quantitative estimate of drug-likeness (QED) is 0.463. The number of nitrogens with one attached hydrogen (secondary N) is 2. The molecule has 5 nitrogen and oxygen atoms in total. The van der Waals surface area contributed by atoms with Crippen LogP contribution in [0, 0.1) is 13.8 Å². The molecule has 22 heavy (non-hydrogen) atoms. The maximum atomic E-state index is 10.2. The van der Waals surface area contributed by atoms with Crippen molar-refractivity contribution in [2.24, 2.45) is 0 Å². The van der Waals surface area contributed by atoms with Crippen molar-refractivity contribution in [2.75, 3.05) is 52.5 Å². The topological polar surface area (TPSA) is 58.6 Å². The molecule has 0 aromatic heterocycles. The van der Waals surface area contributed by atoms with Gasteiger partial charge in [0.1, 0.15) is 57.7 Å². The molecule has 1 unspecified atom stereocenters. The van der Waals surface area contributed by atoms with E-state index < -0.39 is 6.10 Å². The Bertz CT molecular complexity index is 439. The van der Waals surface area contributed by atoms with Crippen molar-refractivity contribution in [3.05, 3.63) is 29.3 Å². The number of quaternary nitrogens is 2. The average Bonchev–Trinajstić information content (AvgIpc) is 2.49. The van der Waals surface area contributed by atoms with Gasteiger partial charge in [-0.05, 0) is 25.0 Å². The predicted octanol–water partition coefficient (Wildman–Crippen LogP) is -2.18. The molecule has 1 saturated heterocycles. The summed E-state index contributed by atoms with van der Waals surface area (Å²) in [6, 6.07) is 6.08. The van der Waals surface area contributed by atoms with E-state index in [2.05, 4.69) is 0 Å². The Labute approximate surface area is 133 Å². The van der Waals surface area contributed by atoms with Gasteiger partial charge in [0.2, 0.25) is 0 Å². The van der Waals surface area contributed by atoms with Gasteiger partial charge in [0, 0.05) is 0 Å². The lowest BCUT2D eigenvalue weighted by Crippen LogP contribution is -3.28. The molecule has 1 fully saturated rings. The van der Waals surface area contributed by atoms with E-state index in [9.17, 15) is 5.11 Å². The lowest BCUT2D eigenvalue weighted by molar-refractivity contribution is -1.01. The standard InChI is InChI=1S/C17H28N2O3/c1-14-4-3-5-15(2)17(14)22-13-16(21)12-19-8-6-18(7-9-19)10-11-20/h3-5,16,20-21H,6-13H2,1-2H3/p+2. The van der Waals surface area contributed by atoms with Crippen LogP contribution in [0.25, 0.3) is 0 Å². The van der Waals surface area contributed by atoms with Crippen LogP contribution in [0.3, 0.4) is 0 Å². The summed E-state index contributed by atoms with van der Waals surface area (Å²) in [5.41, 5.74) is 2.22. The molecule has 0 spiro atoms. The van der Waals surface area contributed by atoms with Gasteiger partial charge in [-0.25, -0.2) is 0 Å². The normalized spacial score (nSPS) is 23.3. The Morgan fingerprint density at radius 1 is 1.09 bits per heavy atom. The van der Waals surface area contributed by atoms with Crippen LogP contribution in [-0.2, 0) is 0 Å². The van der Waals surface area contributed by atoms with Gasteiger partial charge < -0.3 is 24.7 Å². The zero-order chi connectivity index (χ0) is 15.9. The minimum absolute atomic E-state index is 0.261. The molecule has 1 aromatic carbocycles. The predicted molar refractivity (Wildman–Crippen MR) is 85.6 cm³/mol. The molecule has 2 rings (SSSR count). The Hall–Kier alpha value is -1.14. The third-order valence-corrected chi connectivity index (χ3v) is 4.48. The van der Waals surface area contributed by atoms with Crippen LogP contribution in [-0.4, -0.2) is 68.8 Å². The number of aryl methyl sites for hydroxylation is 2. The van der Waals surface area contributed by atoms with Crippen LogP contribution >= 0.6 is 0 Å². The van der Waals surface area contributed by atoms with E-state index >= 15 is 0 Å². The van der Waals surface area contributed by atoms with Crippen LogP contribution in [0.4, 0.5) is 0 Å². The summed E-state index contributed by atoms with van der Waals surface area (Å²) in [5.74, 6) is 0.897. The van der Waals surface area contributed by atoms with Gasteiger partial charge in [-0.1, -0.05) is 18.2 Å². The van der Waals surface area contributed by atoms with Gasteiger partial charge in [0.25, 0.3) is 0 Å². The van der Waals surface area contributed by atoms with E-state index in [1.807, 2.05) is 32.0 Å². The fraction of sp³-hybridized carbons (Fsp3) is 0.647. The zero-order valence-corrected chi connectivity index (χ0v) is 13.8. The first kappa shape index (κ1) is 17.2. The summed E-state index contributed by atoms with van der Waals surface area (Å²) < 4.78 is 5.83. The van der Waals surface area contributed by atoms with E-state index in [4.69, 9.17) is 9.84 Å². The molecule has 1 aliphatic rings. The molecule has 5 heteroatoms. The Morgan fingerprint density at radius 3 is 2.27 bits per heavy atom. The molecule has 4 N–H and O–H groups in total. The van der Waals surface area contributed by atoms with Crippen molar-refractivity contribution in [1.29, 1.82) is 0 Å². The van der Waals surface area contributed by atoms with Crippen molar-refractivity contribution in [2.45, 2.75) is 20.0 Å². The molecule has 1 aromatic rings. The van der Waals surface area contributed by atoms with E-state index in [-0.39, 0.29) is 6.61 Å². The van der Waals surface area contributed by atoms with E-state index in [0.29, 0.717) is 6.61 Å². The minimum atomic E-state index is -0.437. The summed E-state index contributed by atoms with van der Waals surface area (Å²) in [6.45, 7) is 10.5. The number of hydrogen-bond donors (Lipinski definition) is 4. The molecular weight excluding hydrogens is 280 g/mol. The molecule has 0 bridgehead atoms. The van der Waals surface area contributed by atoms with Crippen molar-refractivity contribution in [1.82, 2.24) is 0 Å². The van der Waals surface area contributed by atoms with Crippen molar-refractivity contribution in [3.8, 4) is 5.75 Å². The highest BCUT2D eigenvalue weighted by Crippen LogP contribution is 2.22. The number of ether oxygens (including phenoxy) is 1. The third-order valence-electron chi connectivity index (χ3n) is 4.48. The van der Waals surface area contributed by atoms with Gasteiger partial charge >= 0.3 is 0 Å². The summed E-state index contributed by atoms with van der Waals surface area (Å²) in [4.78, 5) is 2.90. The second-order valence-electron chi connectivity index (χ2n) is 6.36.